The lowest BCUT2D eigenvalue weighted by atomic mass is 10.1. The summed E-state index contributed by atoms with van der Waals surface area (Å²) in [5.41, 5.74) is 2.50. The molecule has 5 heteroatoms. The van der Waals surface area contributed by atoms with E-state index in [1.807, 2.05) is 6.07 Å². The van der Waals surface area contributed by atoms with Crippen LogP contribution in [0.15, 0.2) is 59.5 Å². The Bertz CT molecular complexity index is 730. The summed E-state index contributed by atoms with van der Waals surface area (Å²) in [5.74, 6) is 0.164. The molecular weight excluding hydrogens is 366 g/mol. The quantitative estimate of drug-likeness (QED) is 0.501. The fraction of sp³-hybridized carbons (Fsp3) is 0.300. The largest absolute Gasteiger partial charge is 0.297 e. The molecule has 0 N–H and O–H groups in total. The second kappa shape index (κ2) is 8.88. The first-order chi connectivity index (χ1) is 12.2. The first kappa shape index (κ1) is 18.5. The van der Waals surface area contributed by atoms with E-state index in [9.17, 15) is 4.79 Å². The molecule has 1 aliphatic heterocycles. The van der Waals surface area contributed by atoms with Crippen molar-refractivity contribution in [2.45, 2.75) is 29.4 Å². The predicted octanol–water partition coefficient (Wildman–Crippen LogP) is 4.81. The van der Waals surface area contributed by atoms with Gasteiger partial charge >= 0.3 is 0 Å². The summed E-state index contributed by atoms with van der Waals surface area (Å²) in [6.07, 6.45) is 4.72. The second-order valence-electron chi connectivity index (χ2n) is 6.00. The van der Waals surface area contributed by atoms with Gasteiger partial charge in [-0.15, -0.1) is 11.8 Å². The standard InChI is InChI=1S/C20H21NOS3/c1-24-17-11-9-16(10-12-17)14-18-19(22)21(20(23)25-18)13-5-8-15-6-3-2-4-7-15/h2-4,6-7,9-12,18H,5,8,13-14H2,1H3/t18-/m0/s1. The molecule has 25 heavy (non-hydrogen) atoms. The van der Waals surface area contributed by atoms with Crippen LogP contribution in [0.1, 0.15) is 17.5 Å². The third kappa shape index (κ3) is 4.87. The molecule has 130 valence electrons. The molecule has 0 saturated carbocycles. The van der Waals surface area contributed by atoms with E-state index in [4.69, 9.17) is 12.2 Å². The van der Waals surface area contributed by atoms with Crippen LogP contribution in [-0.2, 0) is 17.6 Å². The molecule has 3 rings (SSSR count). The minimum absolute atomic E-state index is 0.0793. The fourth-order valence-electron chi connectivity index (χ4n) is 2.89. The smallest absolute Gasteiger partial charge is 0.241 e. The monoisotopic (exact) mass is 387 g/mol. The summed E-state index contributed by atoms with van der Waals surface area (Å²) >= 11 is 8.71. The number of hydrogen-bond acceptors (Lipinski definition) is 4. The molecule has 2 aromatic carbocycles. The normalized spacial score (nSPS) is 17.3. The van der Waals surface area contributed by atoms with Crippen molar-refractivity contribution in [1.82, 2.24) is 4.90 Å². The molecule has 1 atom stereocenters. The molecule has 0 unspecified atom stereocenters. The Morgan fingerprint density at radius 1 is 1.08 bits per heavy atom. The lowest BCUT2D eigenvalue weighted by Gasteiger charge is -2.15. The van der Waals surface area contributed by atoms with Crippen molar-refractivity contribution in [2.24, 2.45) is 0 Å². The van der Waals surface area contributed by atoms with Gasteiger partial charge in [-0.1, -0.05) is 66.4 Å². The van der Waals surface area contributed by atoms with E-state index in [2.05, 4.69) is 54.8 Å². The van der Waals surface area contributed by atoms with Crippen LogP contribution in [0.3, 0.4) is 0 Å². The summed E-state index contributed by atoms with van der Waals surface area (Å²) in [4.78, 5) is 15.7. The van der Waals surface area contributed by atoms with Gasteiger partial charge in [-0.2, -0.15) is 0 Å². The third-order valence-electron chi connectivity index (χ3n) is 4.28. The van der Waals surface area contributed by atoms with E-state index in [0.717, 1.165) is 23.6 Å². The summed E-state index contributed by atoms with van der Waals surface area (Å²) in [6.45, 7) is 0.710. The minimum Gasteiger partial charge on any atom is -0.297 e. The maximum atomic E-state index is 12.7. The molecule has 1 saturated heterocycles. The zero-order chi connectivity index (χ0) is 17.6. The van der Waals surface area contributed by atoms with Gasteiger partial charge in [0.1, 0.15) is 4.32 Å². The number of nitrogens with zero attached hydrogens (tertiary/aromatic N) is 1. The van der Waals surface area contributed by atoms with Gasteiger partial charge in [-0.3, -0.25) is 9.69 Å². The SMILES string of the molecule is CSc1ccc(C[C@@H]2SC(=S)N(CCCc3ccccc3)C2=O)cc1. The first-order valence-electron chi connectivity index (χ1n) is 8.36. The minimum atomic E-state index is -0.0793. The van der Waals surface area contributed by atoms with Crippen LogP contribution in [0.25, 0.3) is 0 Å². The number of carbonyl (C=O) groups excluding carboxylic acids is 1. The molecule has 0 bridgehead atoms. The van der Waals surface area contributed by atoms with Crippen molar-refractivity contribution < 1.29 is 4.79 Å². The van der Waals surface area contributed by atoms with Crippen molar-refractivity contribution in [3.05, 3.63) is 65.7 Å². The van der Waals surface area contributed by atoms with E-state index < -0.39 is 0 Å². The lowest BCUT2D eigenvalue weighted by molar-refractivity contribution is -0.126. The first-order valence-corrected chi connectivity index (χ1v) is 10.9. The number of rotatable bonds is 7. The van der Waals surface area contributed by atoms with E-state index in [1.54, 1.807) is 16.7 Å². The molecular formula is C20H21NOS3. The number of carbonyl (C=O) groups is 1. The second-order valence-corrected chi connectivity index (χ2v) is 8.72. The van der Waals surface area contributed by atoms with Gasteiger partial charge in [0.2, 0.25) is 5.91 Å². The number of amides is 1. The van der Waals surface area contributed by atoms with Crippen LogP contribution >= 0.6 is 35.7 Å². The van der Waals surface area contributed by atoms with E-state index >= 15 is 0 Å². The fourth-order valence-corrected chi connectivity index (χ4v) is 4.89. The molecule has 1 amide bonds. The molecule has 0 aromatic heterocycles. The molecule has 1 heterocycles. The Morgan fingerprint density at radius 2 is 1.80 bits per heavy atom. The van der Waals surface area contributed by atoms with Gasteiger partial charge in [0.15, 0.2) is 0 Å². The van der Waals surface area contributed by atoms with Gasteiger partial charge in [0.05, 0.1) is 5.25 Å². The number of thiocarbonyl (C=S) groups is 1. The molecule has 0 radical (unpaired) electrons. The molecule has 2 nitrogen and oxygen atoms in total. The van der Waals surface area contributed by atoms with Crippen LogP contribution < -0.4 is 0 Å². The van der Waals surface area contributed by atoms with Crippen molar-refractivity contribution in [3.63, 3.8) is 0 Å². The maximum absolute atomic E-state index is 12.7. The maximum Gasteiger partial charge on any atom is 0.241 e. The van der Waals surface area contributed by atoms with Crippen LogP contribution in [0.2, 0.25) is 0 Å². The van der Waals surface area contributed by atoms with Gasteiger partial charge in [-0.05, 0) is 48.8 Å². The van der Waals surface area contributed by atoms with Crippen molar-refractivity contribution in [1.29, 1.82) is 0 Å². The van der Waals surface area contributed by atoms with Gasteiger partial charge < -0.3 is 0 Å². The average molecular weight is 388 g/mol. The number of thioether (sulfide) groups is 2. The average Bonchev–Trinajstić information content (AvgIpc) is 2.90. The highest BCUT2D eigenvalue weighted by atomic mass is 32.2. The lowest BCUT2D eigenvalue weighted by Crippen LogP contribution is -2.33. The van der Waals surface area contributed by atoms with Crippen LogP contribution in [0, 0.1) is 0 Å². The molecule has 2 aromatic rings. The predicted molar refractivity (Wildman–Crippen MR) is 112 cm³/mol. The topological polar surface area (TPSA) is 20.3 Å². The summed E-state index contributed by atoms with van der Waals surface area (Å²) in [7, 11) is 0. The van der Waals surface area contributed by atoms with Crippen molar-refractivity contribution >= 4 is 46.0 Å². The molecule has 1 aliphatic rings. The Labute approximate surface area is 163 Å². The zero-order valence-corrected chi connectivity index (χ0v) is 16.6. The number of hydrogen-bond donors (Lipinski definition) is 0. The number of aryl methyl sites for hydroxylation is 1. The Balaban J connectivity index is 1.54. The van der Waals surface area contributed by atoms with Gasteiger partial charge in [0.25, 0.3) is 0 Å². The van der Waals surface area contributed by atoms with Crippen LogP contribution in [0.4, 0.5) is 0 Å². The molecule has 1 fully saturated rings. The molecule has 0 spiro atoms. The van der Waals surface area contributed by atoms with E-state index in [1.165, 1.54) is 27.8 Å². The highest BCUT2D eigenvalue weighted by Crippen LogP contribution is 2.30. The van der Waals surface area contributed by atoms with Crippen molar-refractivity contribution in [2.75, 3.05) is 12.8 Å². The van der Waals surface area contributed by atoms with E-state index in [-0.39, 0.29) is 11.2 Å². The molecule has 0 aliphatic carbocycles. The van der Waals surface area contributed by atoms with Crippen molar-refractivity contribution in [3.8, 4) is 0 Å². The third-order valence-corrected chi connectivity index (χ3v) is 6.60. The van der Waals surface area contributed by atoms with Gasteiger partial charge in [-0.25, -0.2) is 0 Å². The van der Waals surface area contributed by atoms with Gasteiger partial charge in [0, 0.05) is 11.4 Å². The highest BCUT2D eigenvalue weighted by Gasteiger charge is 2.36. The highest BCUT2D eigenvalue weighted by molar-refractivity contribution is 8.24. The van der Waals surface area contributed by atoms with Crippen LogP contribution in [-0.4, -0.2) is 33.2 Å². The Kier molecular flexibility index (Phi) is 6.57. The Hall–Kier alpha value is -1.30. The zero-order valence-electron chi connectivity index (χ0n) is 14.2. The summed E-state index contributed by atoms with van der Waals surface area (Å²) in [6, 6.07) is 18.8. The number of benzene rings is 2. The summed E-state index contributed by atoms with van der Waals surface area (Å²) in [5, 5.41) is -0.0793. The summed E-state index contributed by atoms with van der Waals surface area (Å²) < 4.78 is 0.726. The Morgan fingerprint density at radius 3 is 2.48 bits per heavy atom. The van der Waals surface area contributed by atoms with E-state index in [0.29, 0.717) is 6.54 Å². The van der Waals surface area contributed by atoms with Crippen LogP contribution in [0.5, 0.6) is 0 Å².